The molecule has 0 amide bonds. The van der Waals surface area contributed by atoms with Gasteiger partial charge in [-0.15, -0.1) is 9.90 Å². The van der Waals surface area contributed by atoms with Gasteiger partial charge in [-0.05, 0) is 19.1 Å². The van der Waals surface area contributed by atoms with Crippen LogP contribution >= 0.6 is 0 Å². The number of rotatable bonds is 2. The summed E-state index contributed by atoms with van der Waals surface area (Å²) in [6.07, 6.45) is 0. The summed E-state index contributed by atoms with van der Waals surface area (Å²) in [6.45, 7) is 1.61. The second-order valence-corrected chi connectivity index (χ2v) is 3.37. The van der Waals surface area contributed by atoms with Gasteiger partial charge in [0.1, 0.15) is 5.69 Å². The number of hydrogen-bond donors (Lipinski definition) is 0. The molecule has 5 nitrogen and oxygen atoms in total. The quantitative estimate of drug-likeness (QED) is 0.740. The van der Waals surface area contributed by atoms with Crippen molar-refractivity contribution >= 4 is 5.97 Å². The number of esters is 1. The lowest BCUT2D eigenvalue weighted by Gasteiger charge is -1.99. The first-order valence-electron chi connectivity index (χ1n) is 4.90. The number of aryl methyl sites for hydroxylation is 1. The van der Waals surface area contributed by atoms with E-state index in [0.717, 1.165) is 4.80 Å². The van der Waals surface area contributed by atoms with Gasteiger partial charge in [0, 0.05) is 0 Å². The van der Waals surface area contributed by atoms with E-state index >= 15 is 0 Å². The lowest BCUT2D eigenvalue weighted by molar-refractivity contribution is 0.0592. The Morgan fingerprint density at radius 2 is 2.06 bits per heavy atom. The molecule has 17 heavy (non-hydrogen) atoms. The molecule has 1 aromatic carbocycles. The zero-order chi connectivity index (χ0) is 12.4. The van der Waals surface area contributed by atoms with Gasteiger partial charge in [0.05, 0.1) is 12.8 Å². The molecular weight excluding hydrogens is 225 g/mol. The maximum Gasteiger partial charge on any atom is 0.360 e. The topological polar surface area (TPSA) is 57.0 Å². The van der Waals surface area contributed by atoms with E-state index in [1.54, 1.807) is 19.1 Å². The third-order valence-corrected chi connectivity index (χ3v) is 2.23. The van der Waals surface area contributed by atoms with Crippen LogP contribution in [0.15, 0.2) is 24.3 Å². The third-order valence-electron chi connectivity index (χ3n) is 2.23. The van der Waals surface area contributed by atoms with Crippen molar-refractivity contribution in [3.8, 4) is 5.69 Å². The molecule has 88 valence electrons. The number of aromatic nitrogens is 3. The maximum absolute atomic E-state index is 13.5. The molecule has 0 aliphatic rings. The summed E-state index contributed by atoms with van der Waals surface area (Å²) in [5.74, 6) is -1.05. The number of carbonyl (C=O) groups excluding carboxylic acids is 1. The highest BCUT2D eigenvalue weighted by molar-refractivity contribution is 5.88. The minimum Gasteiger partial charge on any atom is -0.464 e. The molecule has 0 aliphatic heterocycles. The van der Waals surface area contributed by atoms with Gasteiger partial charge in [0.25, 0.3) is 0 Å². The molecule has 1 aromatic heterocycles. The van der Waals surface area contributed by atoms with Crippen molar-refractivity contribution < 1.29 is 13.9 Å². The molecule has 0 fully saturated rings. The minimum absolute atomic E-state index is 0.0794. The van der Waals surface area contributed by atoms with Gasteiger partial charge in [0.2, 0.25) is 0 Å². The van der Waals surface area contributed by atoms with E-state index in [-0.39, 0.29) is 11.4 Å². The number of carbonyl (C=O) groups is 1. The molecular formula is C11H10FN3O2. The summed E-state index contributed by atoms with van der Waals surface area (Å²) in [7, 11) is 1.25. The van der Waals surface area contributed by atoms with Crippen LogP contribution in [0.4, 0.5) is 4.39 Å². The second kappa shape index (κ2) is 4.32. The van der Waals surface area contributed by atoms with Crippen molar-refractivity contribution in [3.05, 3.63) is 41.5 Å². The molecule has 0 atom stereocenters. The van der Waals surface area contributed by atoms with E-state index in [1.165, 1.54) is 19.2 Å². The van der Waals surface area contributed by atoms with Gasteiger partial charge in [-0.2, -0.15) is 5.10 Å². The highest BCUT2D eigenvalue weighted by Crippen LogP contribution is 2.12. The number of ether oxygens (including phenoxy) is 1. The summed E-state index contributed by atoms with van der Waals surface area (Å²) in [5.41, 5.74) is 0.654. The van der Waals surface area contributed by atoms with E-state index < -0.39 is 11.8 Å². The monoisotopic (exact) mass is 235 g/mol. The van der Waals surface area contributed by atoms with Crippen molar-refractivity contribution in [1.29, 1.82) is 0 Å². The van der Waals surface area contributed by atoms with Crippen LogP contribution in [0.25, 0.3) is 5.69 Å². The van der Waals surface area contributed by atoms with Gasteiger partial charge in [-0.25, -0.2) is 9.18 Å². The van der Waals surface area contributed by atoms with Gasteiger partial charge in [-0.3, -0.25) is 0 Å². The van der Waals surface area contributed by atoms with Crippen LogP contribution < -0.4 is 0 Å². The van der Waals surface area contributed by atoms with Gasteiger partial charge >= 0.3 is 5.97 Å². The first kappa shape index (κ1) is 11.3. The molecule has 6 heteroatoms. The Morgan fingerprint density at radius 1 is 1.35 bits per heavy atom. The Balaban J connectivity index is 2.49. The van der Waals surface area contributed by atoms with E-state index in [0.29, 0.717) is 5.69 Å². The SMILES string of the molecule is COC(=O)c1nn(-c2ccccc2F)nc1C. The highest BCUT2D eigenvalue weighted by Gasteiger charge is 2.17. The molecule has 2 aromatic rings. The lowest BCUT2D eigenvalue weighted by atomic mass is 10.3. The predicted molar refractivity (Wildman–Crippen MR) is 57.4 cm³/mol. The number of benzene rings is 1. The maximum atomic E-state index is 13.5. The predicted octanol–water partition coefficient (Wildman–Crippen LogP) is 1.50. The Bertz CT molecular complexity index is 566. The summed E-state index contributed by atoms with van der Waals surface area (Å²) < 4.78 is 18.0. The summed E-state index contributed by atoms with van der Waals surface area (Å²) in [6, 6.07) is 6.05. The van der Waals surface area contributed by atoms with Crippen LogP contribution in [-0.4, -0.2) is 28.1 Å². The molecule has 0 radical (unpaired) electrons. The first-order chi connectivity index (χ1) is 8.13. The molecule has 0 spiro atoms. The van der Waals surface area contributed by atoms with Crippen molar-refractivity contribution in [3.63, 3.8) is 0 Å². The van der Waals surface area contributed by atoms with E-state index in [1.807, 2.05) is 0 Å². The van der Waals surface area contributed by atoms with Crippen LogP contribution in [0.5, 0.6) is 0 Å². The van der Waals surface area contributed by atoms with Crippen LogP contribution in [0.3, 0.4) is 0 Å². The minimum atomic E-state index is -0.593. The normalized spacial score (nSPS) is 10.3. The Morgan fingerprint density at radius 3 is 2.71 bits per heavy atom. The van der Waals surface area contributed by atoms with Gasteiger partial charge < -0.3 is 4.74 Å². The third kappa shape index (κ3) is 2.01. The largest absolute Gasteiger partial charge is 0.464 e. The van der Waals surface area contributed by atoms with Crippen molar-refractivity contribution in [2.75, 3.05) is 7.11 Å². The van der Waals surface area contributed by atoms with Crippen molar-refractivity contribution in [1.82, 2.24) is 15.0 Å². The van der Waals surface area contributed by atoms with E-state index in [2.05, 4.69) is 14.9 Å². The summed E-state index contributed by atoms with van der Waals surface area (Å²) >= 11 is 0. The average Bonchev–Trinajstić information content (AvgIpc) is 2.71. The zero-order valence-corrected chi connectivity index (χ0v) is 9.35. The van der Waals surface area contributed by atoms with Crippen molar-refractivity contribution in [2.45, 2.75) is 6.92 Å². The Hall–Kier alpha value is -2.24. The molecule has 0 aliphatic carbocycles. The van der Waals surface area contributed by atoms with Crippen LogP contribution in [-0.2, 0) is 4.74 Å². The van der Waals surface area contributed by atoms with Crippen LogP contribution in [0.1, 0.15) is 16.2 Å². The Kier molecular flexibility index (Phi) is 2.86. The fraction of sp³-hybridized carbons (Fsp3) is 0.182. The smallest absolute Gasteiger partial charge is 0.360 e. The number of halogens is 1. The average molecular weight is 235 g/mol. The number of nitrogens with zero attached hydrogens (tertiary/aromatic N) is 3. The Labute approximate surface area is 96.8 Å². The fourth-order valence-electron chi connectivity index (χ4n) is 1.39. The van der Waals surface area contributed by atoms with E-state index in [9.17, 15) is 9.18 Å². The molecule has 0 saturated carbocycles. The molecule has 1 heterocycles. The van der Waals surface area contributed by atoms with Crippen molar-refractivity contribution in [2.24, 2.45) is 0 Å². The lowest BCUT2D eigenvalue weighted by Crippen LogP contribution is -2.06. The van der Waals surface area contributed by atoms with Crippen LogP contribution in [0, 0.1) is 12.7 Å². The fourth-order valence-corrected chi connectivity index (χ4v) is 1.39. The first-order valence-corrected chi connectivity index (χ1v) is 4.90. The number of para-hydroxylation sites is 1. The molecule has 0 saturated heterocycles. The summed E-state index contributed by atoms with van der Waals surface area (Å²) in [4.78, 5) is 12.4. The van der Waals surface area contributed by atoms with Gasteiger partial charge in [-0.1, -0.05) is 12.1 Å². The number of methoxy groups -OCH3 is 1. The van der Waals surface area contributed by atoms with Gasteiger partial charge in [0.15, 0.2) is 11.5 Å². The van der Waals surface area contributed by atoms with Crippen LogP contribution in [0.2, 0.25) is 0 Å². The molecule has 0 N–H and O–H groups in total. The second-order valence-electron chi connectivity index (χ2n) is 3.37. The zero-order valence-electron chi connectivity index (χ0n) is 9.35. The van der Waals surface area contributed by atoms with E-state index in [4.69, 9.17) is 0 Å². The molecule has 0 unspecified atom stereocenters. The highest BCUT2D eigenvalue weighted by atomic mass is 19.1. The summed E-state index contributed by atoms with van der Waals surface area (Å²) in [5, 5.41) is 7.88. The standard InChI is InChI=1S/C11H10FN3O2/c1-7-10(11(16)17-2)14-15(13-7)9-6-4-3-5-8(9)12/h3-6H,1-2H3. The molecule has 0 bridgehead atoms. The molecule has 2 rings (SSSR count). The number of hydrogen-bond acceptors (Lipinski definition) is 4.